The highest BCUT2D eigenvalue weighted by Crippen LogP contribution is 2.15. The maximum absolute atomic E-state index is 13.1. The highest BCUT2D eigenvalue weighted by molar-refractivity contribution is 5.77. The number of carbonyl (C=O) groups is 2. The molecule has 0 saturated carbocycles. The summed E-state index contributed by atoms with van der Waals surface area (Å²) in [6.07, 6.45) is 51.3. The minimum atomic E-state index is -0.820. The molecule has 0 radical (unpaired) electrons. The van der Waals surface area contributed by atoms with Crippen LogP contribution in [-0.2, 0) is 14.3 Å². The molecule has 54 heavy (non-hydrogen) atoms. The fraction of sp³-hybridized carbons (Fsp3) is 0.708. The van der Waals surface area contributed by atoms with E-state index in [4.69, 9.17) is 4.74 Å². The first-order chi connectivity index (χ1) is 26.5. The number of allylic oxidation sites excluding steroid dienone is 11. The van der Waals surface area contributed by atoms with Crippen molar-refractivity contribution in [2.24, 2.45) is 0 Å². The van der Waals surface area contributed by atoms with E-state index in [0.717, 1.165) is 57.8 Å². The zero-order valence-corrected chi connectivity index (χ0v) is 35.1. The van der Waals surface area contributed by atoms with Gasteiger partial charge in [-0.25, -0.2) is 0 Å². The average Bonchev–Trinajstić information content (AvgIpc) is 3.16. The zero-order valence-electron chi connectivity index (χ0n) is 35.1. The van der Waals surface area contributed by atoms with Gasteiger partial charge in [0.05, 0.1) is 25.2 Å². The van der Waals surface area contributed by atoms with E-state index in [1.54, 1.807) is 0 Å². The lowest BCUT2D eigenvalue weighted by atomic mass is 10.0. The van der Waals surface area contributed by atoms with E-state index in [-0.39, 0.29) is 24.9 Å². The molecule has 3 unspecified atom stereocenters. The van der Waals surface area contributed by atoms with Crippen molar-refractivity contribution in [3.05, 3.63) is 72.9 Å². The van der Waals surface area contributed by atoms with Crippen molar-refractivity contribution in [3.63, 3.8) is 0 Å². The Balaban J connectivity index is 4.77. The van der Waals surface area contributed by atoms with E-state index in [1.165, 1.54) is 89.9 Å². The summed E-state index contributed by atoms with van der Waals surface area (Å²) in [6.45, 7) is 6.25. The number of ether oxygens (including phenoxy) is 1. The molecule has 0 aromatic rings. The number of aliphatic hydroxyl groups is 2. The van der Waals surface area contributed by atoms with Gasteiger partial charge in [0.2, 0.25) is 5.91 Å². The summed E-state index contributed by atoms with van der Waals surface area (Å²) in [5.41, 5.74) is 0. The van der Waals surface area contributed by atoms with Gasteiger partial charge in [0.25, 0.3) is 0 Å². The van der Waals surface area contributed by atoms with Gasteiger partial charge in [0, 0.05) is 12.8 Å². The van der Waals surface area contributed by atoms with E-state index in [1.807, 2.05) is 54.7 Å². The standard InChI is InChI=1S/C48H83NO5/c1-4-7-10-13-16-19-22-23-26-29-32-35-38-41-48(53)54-44(39-36-33-30-27-24-20-17-14-11-8-5-2)42-47(52)49-45(43-50)46(51)40-37-34-31-28-25-21-18-15-12-9-6-3/h8,11,14,17,20,23-24,26-27,30,33,36,44-46,50-51H,4-7,9-10,12-13,15-16,18-19,21-22,25,28-29,31-32,34-35,37-43H2,1-3H3,(H,49,52)/b11-8+,17-14+,24-20-,26-23-,30-27-,36-33+. The quantitative estimate of drug-likeness (QED) is 0.0252. The summed E-state index contributed by atoms with van der Waals surface area (Å²) in [6, 6.07) is -0.742. The van der Waals surface area contributed by atoms with Gasteiger partial charge in [-0.3, -0.25) is 9.59 Å². The molecule has 0 aliphatic rings. The Hall–Kier alpha value is -2.70. The second-order valence-electron chi connectivity index (χ2n) is 14.8. The predicted octanol–water partition coefficient (Wildman–Crippen LogP) is 12.7. The van der Waals surface area contributed by atoms with Crippen LogP contribution in [0.15, 0.2) is 72.9 Å². The Morgan fingerprint density at radius 2 is 1.04 bits per heavy atom. The van der Waals surface area contributed by atoms with Crippen LogP contribution < -0.4 is 5.32 Å². The van der Waals surface area contributed by atoms with Crippen molar-refractivity contribution in [3.8, 4) is 0 Å². The number of carbonyl (C=O) groups excluding carboxylic acids is 2. The average molecular weight is 754 g/mol. The van der Waals surface area contributed by atoms with Gasteiger partial charge in [-0.15, -0.1) is 0 Å². The summed E-state index contributed by atoms with van der Waals surface area (Å²) in [7, 11) is 0. The highest BCUT2D eigenvalue weighted by atomic mass is 16.5. The summed E-state index contributed by atoms with van der Waals surface area (Å²) >= 11 is 0. The van der Waals surface area contributed by atoms with Crippen LogP contribution in [0.4, 0.5) is 0 Å². The van der Waals surface area contributed by atoms with Crippen LogP contribution in [0.3, 0.4) is 0 Å². The molecule has 3 N–H and O–H groups in total. The minimum absolute atomic E-state index is 0.0270. The van der Waals surface area contributed by atoms with Crippen molar-refractivity contribution in [2.75, 3.05) is 6.61 Å². The third-order valence-corrected chi connectivity index (χ3v) is 9.65. The van der Waals surface area contributed by atoms with Crippen LogP contribution in [0.5, 0.6) is 0 Å². The third kappa shape index (κ3) is 36.3. The minimum Gasteiger partial charge on any atom is -0.461 e. The highest BCUT2D eigenvalue weighted by Gasteiger charge is 2.23. The molecule has 0 aliphatic heterocycles. The Bertz CT molecular complexity index is 1030. The zero-order chi connectivity index (χ0) is 39.6. The first-order valence-electron chi connectivity index (χ1n) is 22.2. The van der Waals surface area contributed by atoms with Gasteiger partial charge in [-0.05, 0) is 44.9 Å². The molecule has 0 rings (SSSR count). The lowest BCUT2D eigenvalue weighted by Crippen LogP contribution is -2.46. The molecule has 0 saturated heterocycles. The second kappa shape index (κ2) is 41.5. The molecule has 0 fully saturated rings. The molecule has 0 aliphatic carbocycles. The van der Waals surface area contributed by atoms with Crippen LogP contribution in [0, 0.1) is 0 Å². The number of rotatable bonds is 38. The van der Waals surface area contributed by atoms with Gasteiger partial charge in [-0.1, -0.05) is 203 Å². The van der Waals surface area contributed by atoms with Crippen molar-refractivity contribution < 1.29 is 24.5 Å². The van der Waals surface area contributed by atoms with Gasteiger partial charge in [0.15, 0.2) is 0 Å². The summed E-state index contributed by atoms with van der Waals surface area (Å²) in [4.78, 5) is 25.9. The Morgan fingerprint density at radius 3 is 1.56 bits per heavy atom. The third-order valence-electron chi connectivity index (χ3n) is 9.65. The number of unbranched alkanes of at least 4 members (excludes halogenated alkanes) is 19. The number of hydrogen-bond donors (Lipinski definition) is 3. The normalized spacial score (nSPS) is 14.1. The smallest absolute Gasteiger partial charge is 0.306 e. The summed E-state index contributed by atoms with van der Waals surface area (Å²) < 4.78 is 5.80. The van der Waals surface area contributed by atoms with Gasteiger partial charge >= 0.3 is 5.97 Å². The number of aliphatic hydroxyl groups excluding tert-OH is 2. The first kappa shape index (κ1) is 51.3. The van der Waals surface area contributed by atoms with E-state index in [9.17, 15) is 19.8 Å². The van der Waals surface area contributed by atoms with Gasteiger partial charge in [-0.2, -0.15) is 0 Å². The van der Waals surface area contributed by atoms with Crippen molar-refractivity contribution in [2.45, 2.75) is 212 Å². The molecule has 6 nitrogen and oxygen atoms in total. The fourth-order valence-corrected chi connectivity index (χ4v) is 6.27. The fourth-order valence-electron chi connectivity index (χ4n) is 6.27. The van der Waals surface area contributed by atoms with Crippen LogP contribution in [0.2, 0.25) is 0 Å². The molecule has 310 valence electrons. The monoisotopic (exact) mass is 754 g/mol. The van der Waals surface area contributed by atoms with Crippen molar-refractivity contribution in [1.82, 2.24) is 5.32 Å². The van der Waals surface area contributed by atoms with Crippen molar-refractivity contribution in [1.29, 1.82) is 0 Å². The number of hydrogen-bond acceptors (Lipinski definition) is 5. The maximum Gasteiger partial charge on any atom is 0.306 e. The summed E-state index contributed by atoms with van der Waals surface area (Å²) in [5.74, 6) is -0.634. The number of amides is 1. The largest absolute Gasteiger partial charge is 0.461 e. The van der Waals surface area contributed by atoms with Gasteiger partial charge < -0.3 is 20.3 Å². The molecular formula is C48H83NO5. The van der Waals surface area contributed by atoms with Crippen molar-refractivity contribution >= 4 is 11.9 Å². The SMILES string of the molecule is CC/C=C/C=C/C=C\C=C/C=C/CC(CC(=O)NC(CO)C(O)CCCCCCCCCCCCC)OC(=O)CCCCC/C=C\CCCCCCCC. The lowest BCUT2D eigenvalue weighted by molar-refractivity contribution is -0.150. The molecule has 0 aromatic carbocycles. The predicted molar refractivity (Wildman–Crippen MR) is 231 cm³/mol. The molecule has 6 heteroatoms. The first-order valence-corrected chi connectivity index (χ1v) is 22.2. The lowest BCUT2D eigenvalue weighted by Gasteiger charge is -2.24. The van der Waals surface area contributed by atoms with Crippen LogP contribution in [-0.4, -0.2) is 46.9 Å². The Kier molecular flexibility index (Phi) is 39.4. The molecule has 3 atom stereocenters. The van der Waals surface area contributed by atoms with E-state index >= 15 is 0 Å². The van der Waals surface area contributed by atoms with E-state index in [2.05, 4.69) is 44.3 Å². The molecule has 0 bridgehead atoms. The number of nitrogens with one attached hydrogen (secondary N) is 1. The second-order valence-corrected chi connectivity index (χ2v) is 14.8. The maximum atomic E-state index is 13.1. The number of esters is 1. The molecule has 1 amide bonds. The molecule has 0 spiro atoms. The van der Waals surface area contributed by atoms with Crippen LogP contribution >= 0.6 is 0 Å². The molecule has 0 heterocycles. The van der Waals surface area contributed by atoms with E-state index < -0.39 is 18.2 Å². The Morgan fingerprint density at radius 1 is 0.574 bits per heavy atom. The van der Waals surface area contributed by atoms with E-state index in [0.29, 0.717) is 19.3 Å². The summed E-state index contributed by atoms with van der Waals surface area (Å²) in [5, 5.41) is 23.5. The molecule has 0 aromatic heterocycles. The van der Waals surface area contributed by atoms with Crippen LogP contribution in [0.25, 0.3) is 0 Å². The molecular weight excluding hydrogens is 671 g/mol. The van der Waals surface area contributed by atoms with Crippen LogP contribution in [0.1, 0.15) is 194 Å². The topological polar surface area (TPSA) is 95.9 Å². The Labute approximate surface area is 332 Å². The van der Waals surface area contributed by atoms with Gasteiger partial charge in [0.1, 0.15) is 6.10 Å².